The Labute approximate surface area is 258 Å². The molecule has 2 saturated heterocycles. The second-order valence-corrected chi connectivity index (χ2v) is 11.8. The zero-order chi connectivity index (χ0) is 32.6. The van der Waals surface area contributed by atoms with E-state index in [4.69, 9.17) is 0 Å². The van der Waals surface area contributed by atoms with Gasteiger partial charge >= 0.3 is 0 Å². The molecule has 13 nitrogen and oxygen atoms in total. The number of nitrogens with zero attached hydrogens (tertiary/aromatic N) is 4. The molecule has 3 aromatic rings. The molecular weight excluding hydrogens is 603 g/mol. The van der Waals surface area contributed by atoms with E-state index < -0.39 is 80.5 Å². The van der Waals surface area contributed by atoms with Crippen molar-refractivity contribution in [2.75, 3.05) is 9.80 Å². The SMILES string of the molecule is O=C1[C@H]2[C@H](CC=C3[C@H]2C[C@H]2C(=O)N(c4cccc([N+](=O)[O-])c4)C(=O)[C@H]2[C@H]3c2cccc(F)c2O)C(=O)N1c1cccc([N+](=O)[O-])c1. The van der Waals surface area contributed by atoms with Gasteiger partial charge in [-0.1, -0.05) is 35.9 Å². The zero-order valence-electron chi connectivity index (χ0n) is 23.7. The van der Waals surface area contributed by atoms with Crippen molar-refractivity contribution < 1.29 is 38.5 Å². The summed E-state index contributed by atoms with van der Waals surface area (Å²) in [6.45, 7) is 0. The van der Waals surface area contributed by atoms with Gasteiger partial charge in [-0.05, 0) is 37.0 Å². The predicted molar refractivity (Wildman–Crippen MR) is 157 cm³/mol. The fourth-order valence-electron chi connectivity index (χ4n) is 7.72. The number of allylic oxidation sites excluding steroid dienone is 2. The smallest absolute Gasteiger partial charge is 0.271 e. The Bertz CT molecular complexity index is 1940. The van der Waals surface area contributed by atoms with Crippen LogP contribution in [0.1, 0.15) is 24.3 Å². The van der Waals surface area contributed by atoms with E-state index in [0.29, 0.717) is 5.57 Å². The Morgan fingerprint density at radius 2 is 1.26 bits per heavy atom. The van der Waals surface area contributed by atoms with Crippen molar-refractivity contribution in [2.45, 2.75) is 18.8 Å². The third kappa shape index (κ3) is 4.13. The van der Waals surface area contributed by atoms with E-state index in [-0.39, 0.29) is 41.2 Å². The van der Waals surface area contributed by atoms with Crippen molar-refractivity contribution in [2.24, 2.45) is 29.6 Å². The van der Waals surface area contributed by atoms with Crippen molar-refractivity contribution in [3.63, 3.8) is 0 Å². The average Bonchev–Trinajstić information content (AvgIpc) is 3.45. The third-order valence-electron chi connectivity index (χ3n) is 9.60. The van der Waals surface area contributed by atoms with Crippen LogP contribution in [0.3, 0.4) is 0 Å². The lowest BCUT2D eigenvalue weighted by Gasteiger charge is -2.44. The normalized spacial score (nSPS) is 26.8. The van der Waals surface area contributed by atoms with E-state index in [9.17, 15) is 48.9 Å². The number of nitro benzene ring substituents is 2. The molecule has 2 aliphatic carbocycles. The van der Waals surface area contributed by atoms with Gasteiger partial charge in [-0.25, -0.2) is 14.2 Å². The van der Waals surface area contributed by atoms with Crippen LogP contribution in [-0.2, 0) is 19.2 Å². The Hall–Kier alpha value is -5.79. The first-order chi connectivity index (χ1) is 22.0. The highest BCUT2D eigenvalue weighted by Crippen LogP contribution is 2.59. The minimum Gasteiger partial charge on any atom is -0.505 e. The first-order valence-electron chi connectivity index (χ1n) is 14.4. The van der Waals surface area contributed by atoms with Gasteiger partial charge in [0.2, 0.25) is 23.6 Å². The number of para-hydroxylation sites is 1. The molecule has 0 bridgehead atoms. The molecule has 7 rings (SSSR count). The Kier molecular flexibility index (Phi) is 6.54. The molecule has 46 heavy (non-hydrogen) atoms. The van der Waals surface area contributed by atoms with Gasteiger partial charge in [0.05, 0.1) is 44.9 Å². The zero-order valence-corrected chi connectivity index (χ0v) is 23.7. The molecule has 2 heterocycles. The van der Waals surface area contributed by atoms with Crippen molar-refractivity contribution >= 4 is 46.4 Å². The highest BCUT2D eigenvalue weighted by atomic mass is 19.1. The summed E-state index contributed by atoms with van der Waals surface area (Å²) in [7, 11) is 0. The van der Waals surface area contributed by atoms with Gasteiger partial charge in [0, 0.05) is 35.7 Å². The summed E-state index contributed by atoms with van der Waals surface area (Å²) >= 11 is 0. The second kappa shape index (κ2) is 10.4. The number of fused-ring (bicyclic) bond motifs is 4. The number of benzene rings is 3. The number of imide groups is 2. The first kappa shape index (κ1) is 29.0. The molecule has 14 heteroatoms. The topological polar surface area (TPSA) is 181 Å². The molecule has 0 spiro atoms. The molecule has 3 aromatic carbocycles. The summed E-state index contributed by atoms with van der Waals surface area (Å²) in [6.07, 6.45) is 1.72. The van der Waals surface area contributed by atoms with E-state index in [0.717, 1.165) is 28.0 Å². The number of rotatable bonds is 5. The summed E-state index contributed by atoms with van der Waals surface area (Å²) in [5, 5.41) is 33.7. The summed E-state index contributed by atoms with van der Waals surface area (Å²) in [4.78, 5) is 79.1. The van der Waals surface area contributed by atoms with Gasteiger partial charge in [-0.3, -0.25) is 39.4 Å². The van der Waals surface area contributed by atoms with Crippen LogP contribution in [0.15, 0.2) is 78.4 Å². The van der Waals surface area contributed by atoms with Gasteiger partial charge < -0.3 is 5.11 Å². The predicted octanol–water partition coefficient (Wildman–Crippen LogP) is 4.39. The van der Waals surface area contributed by atoms with E-state index in [1.165, 1.54) is 48.5 Å². The van der Waals surface area contributed by atoms with E-state index >= 15 is 0 Å². The molecule has 0 unspecified atom stereocenters. The van der Waals surface area contributed by atoms with Crippen LogP contribution in [0, 0.1) is 55.6 Å². The van der Waals surface area contributed by atoms with Crippen molar-refractivity contribution in [1.29, 1.82) is 0 Å². The minimum atomic E-state index is -1.14. The van der Waals surface area contributed by atoms with Crippen LogP contribution in [0.25, 0.3) is 0 Å². The summed E-state index contributed by atoms with van der Waals surface area (Å²) in [6, 6.07) is 14.0. The van der Waals surface area contributed by atoms with Crippen LogP contribution in [0.4, 0.5) is 27.1 Å². The molecule has 1 saturated carbocycles. The number of phenolic OH excluding ortho intramolecular Hbond substituents is 1. The Morgan fingerprint density at radius 3 is 1.85 bits per heavy atom. The number of carbonyl (C=O) groups is 4. The van der Waals surface area contributed by atoms with Gasteiger partial charge in [-0.15, -0.1) is 0 Å². The number of nitro groups is 2. The van der Waals surface area contributed by atoms with Crippen molar-refractivity contribution in [3.05, 3.63) is 110 Å². The maximum absolute atomic E-state index is 14.7. The number of hydrogen-bond acceptors (Lipinski definition) is 9. The van der Waals surface area contributed by atoms with Gasteiger partial charge in [-0.2, -0.15) is 0 Å². The molecule has 4 amide bonds. The molecule has 1 N–H and O–H groups in total. The van der Waals surface area contributed by atoms with E-state index in [1.54, 1.807) is 6.08 Å². The molecule has 2 aliphatic heterocycles. The quantitative estimate of drug-likeness (QED) is 0.186. The largest absolute Gasteiger partial charge is 0.505 e. The lowest BCUT2D eigenvalue weighted by atomic mass is 9.57. The van der Waals surface area contributed by atoms with Crippen LogP contribution in [0.2, 0.25) is 0 Å². The Morgan fingerprint density at radius 1 is 0.717 bits per heavy atom. The molecule has 3 fully saturated rings. The number of aromatic hydroxyl groups is 1. The van der Waals surface area contributed by atoms with Crippen LogP contribution in [-0.4, -0.2) is 38.6 Å². The standard InChI is InChI=1S/C32H23FN4O9/c33-24-9-3-8-20(28(24)38)25-19-10-11-21-26(31(41)34(29(21)39)15-4-1-6-17(12-15)36(43)44)22(19)14-23-27(25)32(42)35(30(23)40)16-5-2-7-18(13-16)37(45)46/h1-10,12-13,21-23,25-27,38H,11,14H2/t21-,22+,23+,25+,26-,27+/m0/s1. The fraction of sp³-hybridized carbons (Fsp3) is 0.250. The molecular formula is C32H23FN4O9. The number of anilines is 2. The summed E-state index contributed by atoms with van der Waals surface area (Å²) in [5.74, 6) is -10.2. The molecule has 4 aliphatic rings. The number of halogens is 1. The monoisotopic (exact) mass is 626 g/mol. The first-order valence-corrected chi connectivity index (χ1v) is 14.4. The average molecular weight is 627 g/mol. The summed E-state index contributed by atoms with van der Waals surface area (Å²) < 4.78 is 14.7. The van der Waals surface area contributed by atoms with Gasteiger partial charge in [0.15, 0.2) is 11.6 Å². The molecule has 0 radical (unpaired) electrons. The molecule has 0 aromatic heterocycles. The maximum Gasteiger partial charge on any atom is 0.271 e. The fourth-order valence-corrected chi connectivity index (χ4v) is 7.72. The van der Waals surface area contributed by atoms with Crippen LogP contribution in [0.5, 0.6) is 5.75 Å². The van der Waals surface area contributed by atoms with E-state index in [2.05, 4.69) is 0 Å². The van der Waals surface area contributed by atoms with Crippen LogP contribution >= 0.6 is 0 Å². The second-order valence-electron chi connectivity index (χ2n) is 11.8. The van der Waals surface area contributed by atoms with E-state index in [1.807, 2.05) is 0 Å². The minimum absolute atomic E-state index is 0.0251. The highest BCUT2D eigenvalue weighted by Gasteiger charge is 2.62. The van der Waals surface area contributed by atoms with Crippen molar-refractivity contribution in [1.82, 2.24) is 0 Å². The lowest BCUT2D eigenvalue weighted by molar-refractivity contribution is -0.385. The summed E-state index contributed by atoms with van der Waals surface area (Å²) in [5.41, 5.74) is -0.143. The maximum atomic E-state index is 14.7. The van der Waals surface area contributed by atoms with Crippen molar-refractivity contribution in [3.8, 4) is 5.75 Å². The number of carbonyl (C=O) groups excluding carboxylic acids is 4. The number of amides is 4. The number of hydrogen-bond donors (Lipinski definition) is 1. The highest BCUT2D eigenvalue weighted by molar-refractivity contribution is 6.24. The number of phenols is 1. The lowest BCUT2D eigenvalue weighted by Crippen LogP contribution is -2.43. The van der Waals surface area contributed by atoms with Gasteiger partial charge in [0.25, 0.3) is 11.4 Å². The number of non-ortho nitro benzene ring substituents is 2. The molecule has 232 valence electrons. The third-order valence-corrected chi connectivity index (χ3v) is 9.60. The van der Waals surface area contributed by atoms with Gasteiger partial charge in [0.1, 0.15) is 0 Å². The molecule has 6 atom stereocenters. The van der Waals surface area contributed by atoms with Crippen LogP contribution < -0.4 is 9.80 Å². The Balaban J connectivity index is 1.34.